The van der Waals surface area contributed by atoms with Crippen LogP contribution < -0.4 is 10.5 Å². The summed E-state index contributed by atoms with van der Waals surface area (Å²) in [6.45, 7) is 0. The topological polar surface area (TPSA) is 143 Å². The Balaban J connectivity index is 0.000000234. The highest BCUT2D eigenvalue weighted by molar-refractivity contribution is 7.85. The molecule has 0 radical (unpaired) electrons. The fourth-order valence-corrected chi connectivity index (χ4v) is 2.83. The lowest BCUT2D eigenvalue weighted by atomic mass is 10.0. The summed E-state index contributed by atoms with van der Waals surface area (Å²) in [6.07, 6.45) is 1.47. The number of nitriles is 1. The van der Waals surface area contributed by atoms with Gasteiger partial charge in [-0.3, -0.25) is 9.35 Å². The van der Waals surface area contributed by atoms with E-state index in [9.17, 15) is 13.2 Å². The van der Waals surface area contributed by atoms with Gasteiger partial charge in [-0.1, -0.05) is 36.4 Å². The molecule has 0 spiro atoms. The Hall–Kier alpha value is -3.74. The van der Waals surface area contributed by atoms with Crippen LogP contribution in [0.3, 0.4) is 0 Å². The van der Waals surface area contributed by atoms with Gasteiger partial charge in [0.2, 0.25) is 11.8 Å². The Morgan fingerprint density at radius 2 is 1.83 bits per heavy atom. The maximum Gasteiger partial charge on any atom is 0.294 e. The van der Waals surface area contributed by atoms with E-state index in [1.807, 2.05) is 36.4 Å². The summed E-state index contributed by atoms with van der Waals surface area (Å²) in [7, 11) is -2.81. The third kappa shape index (κ3) is 5.87. The van der Waals surface area contributed by atoms with Crippen LogP contribution in [0.2, 0.25) is 0 Å². The number of hydrogen-bond acceptors (Lipinski definition) is 6. The number of carbonyl (C=O) groups is 1. The minimum atomic E-state index is -4.29. The molecule has 1 amide bonds. The van der Waals surface area contributed by atoms with Gasteiger partial charge in [-0.25, -0.2) is 4.98 Å². The van der Waals surface area contributed by atoms with Crippen molar-refractivity contribution in [3.8, 4) is 23.1 Å². The number of primary amides is 1. The number of aromatic nitrogens is 1. The van der Waals surface area contributed by atoms with Gasteiger partial charge in [0, 0.05) is 17.8 Å². The predicted molar refractivity (Wildman–Crippen MR) is 106 cm³/mol. The van der Waals surface area contributed by atoms with Gasteiger partial charge in [0.05, 0.1) is 23.6 Å². The first-order valence-corrected chi connectivity index (χ1v) is 9.57. The van der Waals surface area contributed by atoms with Gasteiger partial charge in [-0.15, -0.1) is 0 Å². The fraction of sp³-hybridized carbons (Fsp3) is 0.0500. The molecule has 8 nitrogen and oxygen atoms in total. The number of ether oxygens (including phenoxy) is 1. The summed E-state index contributed by atoms with van der Waals surface area (Å²) in [4.78, 5) is 14.1. The molecule has 0 aliphatic rings. The Morgan fingerprint density at radius 3 is 2.38 bits per heavy atom. The summed E-state index contributed by atoms with van der Waals surface area (Å²) in [5.74, 6) is -0.0907. The molecule has 3 rings (SSSR count). The minimum Gasteiger partial charge on any atom is -0.481 e. The maximum absolute atomic E-state index is 11.0. The molecule has 148 valence electrons. The van der Waals surface area contributed by atoms with Crippen LogP contribution in [0, 0.1) is 11.3 Å². The number of methoxy groups -OCH3 is 1. The molecule has 0 bridgehead atoms. The lowest BCUT2D eigenvalue weighted by Crippen LogP contribution is -2.10. The summed E-state index contributed by atoms with van der Waals surface area (Å²) in [5, 5.41) is 9.04. The third-order valence-electron chi connectivity index (χ3n) is 3.72. The molecule has 0 aliphatic heterocycles. The molecule has 0 fully saturated rings. The van der Waals surface area contributed by atoms with Crippen LogP contribution in [0.25, 0.3) is 11.1 Å². The van der Waals surface area contributed by atoms with Crippen LogP contribution in [0.1, 0.15) is 15.9 Å². The van der Waals surface area contributed by atoms with Crippen molar-refractivity contribution < 1.29 is 22.5 Å². The van der Waals surface area contributed by atoms with E-state index in [2.05, 4.69) is 4.98 Å². The summed E-state index contributed by atoms with van der Waals surface area (Å²) in [5.41, 5.74) is 7.07. The van der Waals surface area contributed by atoms with Crippen LogP contribution >= 0.6 is 0 Å². The van der Waals surface area contributed by atoms with Crippen LogP contribution in [0.4, 0.5) is 0 Å². The molecule has 1 heterocycles. The molecule has 3 aromatic rings. The van der Waals surface area contributed by atoms with E-state index in [4.69, 9.17) is 20.3 Å². The quantitative estimate of drug-likeness (QED) is 0.628. The fourth-order valence-electron chi connectivity index (χ4n) is 2.32. The second kappa shape index (κ2) is 9.45. The Bertz CT molecular complexity index is 1160. The second-order valence-electron chi connectivity index (χ2n) is 5.61. The van der Waals surface area contributed by atoms with Gasteiger partial charge in [0.25, 0.3) is 10.1 Å². The zero-order valence-corrected chi connectivity index (χ0v) is 16.1. The minimum absolute atomic E-state index is 0.205. The molecular formula is C20H17N3O5S. The van der Waals surface area contributed by atoms with Crippen molar-refractivity contribution >= 4 is 16.0 Å². The number of nitrogens with zero attached hydrogens (tertiary/aromatic N) is 2. The van der Waals surface area contributed by atoms with Crippen molar-refractivity contribution in [2.45, 2.75) is 4.90 Å². The SMILES string of the molecule is COc1cc(C(N)=O)ccn1.N#Cc1cc(S(=O)(=O)O)ccc1-c1ccccc1. The average Bonchev–Trinajstić information content (AvgIpc) is 2.73. The Morgan fingerprint density at radius 1 is 1.14 bits per heavy atom. The lowest BCUT2D eigenvalue weighted by molar-refractivity contribution is 0.0999. The molecular weight excluding hydrogens is 394 g/mol. The zero-order valence-electron chi connectivity index (χ0n) is 15.3. The van der Waals surface area contributed by atoms with E-state index in [1.165, 1.54) is 37.6 Å². The highest BCUT2D eigenvalue weighted by atomic mass is 32.2. The first kappa shape index (κ1) is 21.6. The van der Waals surface area contributed by atoms with Gasteiger partial charge in [-0.05, 0) is 29.3 Å². The second-order valence-corrected chi connectivity index (χ2v) is 7.03. The standard InChI is InChI=1S/C13H9NO3S.C7H8N2O2/c14-9-11-8-12(18(15,16)17)6-7-13(11)10-4-2-1-3-5-10;1-11-6-4-5(7(8)10)2-3-9-6/h1-8H,(H,15,16,17);2-4H,1H3,(H2,8,10). The number of nitrogens with two attached hydrogens (primary N) is 1. The molecule has 29 heavy (non-hydrogen) atoms. The maximum atomic E-state index is 11.0. The molecule has 0 saturated heterocycles. The zero-order chi connectivity index (χ0) is 21.4. The van der Waals surface area contributed by atoms with Crippen molar-refractivity contribution in [3.05, 3.63) is 78.0 Å². The van der Waals surface area contributed by atoms with E-state index >= 15 is 0 Å². The number of rotatable bonds is 4. The van der Waals surface area contributed by atoms with Crippen molar-refractivity contribution in [1.82, 2.24) is 4.98 Å². The summed E-state index contributed by atoms with van der Waals surface area (Å²) in [6, 6.07) is 18.1. The van der Waals surface area contributed by atoms with Gasteiger partial charge >= 0.3 is 0 Å². The van der Waals surface area contributed by atoms with Crippen LogP contribution in [-0.4, -0.2) is 31.0 Å². The van der Waals surface area contributed by atoms with Gasteiger partial charge < -0.3 is 10.5 Å². The molecule has 0 aliphatic carbocycles. The van der Waals surface area contributed by atoms with E-state index in [-0.39, 0.29) is 10.5 Å². The van der Waals surface area contributed by atoms with Crippen molar-refractivity contribution in [3.63, 3.8) is 0 Å². The largest absolute Gasteiger partial charge is 0.481 e. The van der Waals surface area contributed by atoms with Crippen molar-refractivity contribution in [1.29, 1.82) is 5.26 Å². The number of pyridine rings is 1. The molecule has 1 aromatic heterocycles. The molecule has 0 saturated carbocycles. The van der Waals surface area contributed by atoms with Crippen molar-refractivity contribution in [2.24, 2.45) is 5.73 Å². The number of amides is 1. The first-order chi connectivity index (χ1) is 13.8. The van der Waals surface area contributed by atoms with E-state index in [1.54, 1.807) is 0 Å². The highest BCUT2D eigenvalue weighted by Crippen LogP contribution is 2.25. The smallest absolute Gasteiger partial charge is 0.294 e. The molecule has 2 aromatic carbocycles. The third-order valence-corrected chi connectivity index (χ3v) is 4.57. The molecule has 9 heteroatoms. The van der Waals surface area contributed by atoms with E-state index in [0.29, 0.717) is 17.0 Å². The number of hydrogen-bond donors (Lipinski definition) is 2. The van der Waals surface area contributed by atoms with E-state index < -0.39 is 16.0 Å². The van der Waals surface area contributed by atoms with Crippen LogP contribution in [0.15, 0.2) is 71.8 Å². The molecule has 0 atom stereocenters. The lowest BCUT2D eigenvalue weighted by Gasteiger charge is -2.05. The predicted octanol–water partition coefficient (Wildman–Crippen LogP) is 2.66. The normalized spacial score (nSPS) is 10.2. The van der Waals surface area contributed by atoms with Crippen LogP contribution in [-0.2, 0) is 10.1 Å². The Labute approximate surface area is 168 Å². The summed E-state index contributed by atoms with van der Waals surface area (Å²) < 4.78 is 35.7. The van der Waals surface area contributed by atoms with Crippen molar-refractivity contribution in [2.75, 3.05) is 7.11 Å². The molecule has 0 unspecified atom stereocenters. The average molecular weight is 411 g/mol. The monoisotopic (exact) mass is 411 g/mol. The number of carbonyl (C=O) groups excluding carboxylic acids is 1. The summed E-state index contributed by atoms with van der Waals surface area (Å²) >= 11 is 0. The highest BCUT2D eigenvalue weighted by Gasteiger charge is 2.13. The first-order valence-electron chi connectivity index (χ1n) is 8.13. The van der Waals surface area contributed by atoms with Crippen LogP contribution in [0.5, 0.6) is 5.88 Å². The van der Waals surface area contributed by atoms with Gasteiger partial charge in [0.15, 0.2) is 0 Å². The van der Waals surface area contributed by atoms with E-state index in [0.717, 1.165) is 11.6 Å². The Kier molecular flexibility index (Phi) is 7.03. The molecule has 3 N–H and O–H groups in total. The number of benzene rings is 2. The van der Waals surface area contributed by atoms with Gasteiger partial charge in [0.1, 0.15) is 0 Å². The van der Waals surface area contributed by atoms with Gasteiger partial charge in [-0.2, -0.15) is 13.7 Å².